The summed E-state index contributed by atoms with van der Waals surface area (Å²) in [5.41, 5.74) is 1.92. The van der Waals surface area contributed by atoms with Crippen LogP contribution in [0.25, 0.3) is 0 Å². The number of pyridine rings is 1. The summed E-state index contributed by atoms with van der Waals surface area (Å²) in [6.45, 7) is 2.28. The van der Waals surface area contributed by atoms with Crippen LogP contribution in [0.1, 0.15) is 12.0 Å². The Kier molecular flexibility index (Phi) is 2.01. The molecule has 2 aliphatic rings. The molecule has 2 nitrogen and oxygen atoms in total. The van der Waals surface area contributed by atoms with E-state index in [1.165, 1.54) is 12.0 Å². The van der Waals surface area contributed by atoms with E-state index in [-0.39, 0.29) is 0 Å². The third kappa shape index (κ3) is 1.38. The third-order valence-electron chi connectivity index (χ3n) is 4.47. The van der Waals surface area contributed by atoms with E-state index in [1.807, 2.05) is 12.3 Å². The second-order valence-corrected chi connectivity index (χ2v) is 5.49. The summed E-state index contributed by atoms with van der Waals surface area (Å²) in [5.74, 6) is 1.95. The van der Waals surface area contributed by atoms with Crippen molar-refractivity contribution in [3.8, 4) is 0 Å². The van der Waals surface area contributed by atoms with Gasteiger partial charge in [0.15, 0.2) is 0 Å². The molecule has 1 aliphatic heterocycles. The molecular formula is C16H16N2. The van der Waals surface area contributed by atoms with Gasteiger partial charge in [-0.1, -0.05) is 36.4 Å². The van der Waals surface area contributed by atoms with Crippen molar-refractivity contribution in [2.45, 2.75) is 11.8 Å². The van der Waals surface area contributed by atoms with E-state index in [1.54, 1.807) is 0 Å². The number of piperidine rings is 1. The molecule has 2 heteroatoms. The second-order valence-electron chi connectivity index (χ2n) is 5.49. The summed E-state index contributed by atoms with van der Waals surface area (Å²) < 4.78 is 0. The predicted octanol–water partition coefficient (Wildman–Crippen LogP) is 2.86. The van der Waals surface area contributed by atoms with E-state index in [4.69, 9.17) is 0 Å². The van der Waals surface area contributed by atoms with Gasteiger partial charge < -0.3 is 4.90 Å². The number of nitrogens with zero attached hydrogens (tertiary/aromatic N) is 2. The normalized spacial score (nSPS) is 29.1. The van der Waals surface area contributed by atoms with Crippen LogP contribution in [0.5, 0.6) is 0 Å². The minimum atomic E-state index is 0.415. The number of rotatable bonds is 2. The molecule has 0 spiro atoms. The van der Waals surface area contributed by atoms with Crippen LogP contribution in [0.4, 0.5) is 5.82 Å². The summed E-state index contributed by atoms with van der Waals surface area (Å²) in [4.78, 5) is 6.90. The number of aromatic nitrogens is 1. The Labute approximate surface area is 107 Å². The standard InChI is InChI=1S/C16H16N2/c1-2-6-13(7-3-1)16-10-14(16)11-18(12-16)15-8-4-5-9-17-15/h1-9,14H,10-12H2. The molecule has 1 aliphatic carbocycles. The minimum Gasteiger partial charge on any atom is -0.355 e. The third-order valence-corrected chi connectivity index (χ3v) is 4.47. The fraction of sp³-hybridized carbons (Fsp3) is 0.312. The zero-order valence-corrected chi connectivity index (χ0v) is 10.3. The number of anilines is 1. The second kappa shape index (κ2) is 3.58. The van der Waals surface area contributed by atoms with Gasteiger partial charge in [0.2, 0.25) is 0 Å². The van der Waals surface area contributed by atoms with Crippen molar-refractivity contribution in [2.24, 2.45) is 5.92 Å². The van der Waals surface area contributed by atoms with Crippen LogP contribution in [0.2, 0.25) is 0 Å². The Morgan fingerprint density at radius 3 is 2.67 bits per heavy atom. The summed E-state index contributed by atoms with van der Waals surface area (Å²) in [5, 5.41) is 0. The average Bonchev–Trinajstić information content (AvgIpc) is 3.03. The molecule has 18 heavy (non-hydrogen) atoms. The molecule has 1 saturated carbocycles. The highest BCUT2D eigenvalue weighted by Gasteiger charge is 2.60. The first-order valence-electron chi connectivity index (χ1n) is 6.60. The molecule has 2 unspecified atom stereocenters. The quantitative estimate of drug-likeness (QED) is 0.797. The Balaban J connectivity index is 1.62. The van der Waals surface area contributed by atoms with Gasteiger partial charge in [0.05, 0.1) is 0 Å². The van der Waals surface area contributed by atoms with Crippen molar-refractivity contribution in [3.63, 3.8) is 0 Å². The number of fused-ring (bicyclic) bond motifs is 1. The molecular weight excluding hydrogens is 220 g/mol. The van der Waals surface area contributed by atoms with Gasteiger partial charge in [0.25, 0.3) is 0 Å². The fourth-order valence-corrected chi connectivity index (χ4v) is 3.42. The lowest BCUT2D eigenvalue weighted by Gasteiger charge is -2.22. The smallest absolute Gasteiger partial charge is 0.128 e. The van der Waals surface area contributed by atoms with Gasteiger partial charge in [-0.3, -0.25) is 0 Å². The van der Waals surface area contributed by atoms with Crippen LogP contribution in [0, 0.1) is 5.92 Å². The fourth-order valence-electron chi connectivity index (χ4n) is 3.42. The Morgan fingerprint density at radius 1 is 1.06 bits per heavy atom. The van der Waals surface area contributed by atoms with Crippen molar-refractivity contribution >= 4 is 5.82 Å². The Bertz CT molecular complexity index is 552. The predicted molar refractivity (Wildman–Crippen MR) is 72.7 cm³/mol. The summed E-state index contributed by atoms with van der Waals surface area (Å²) >= 11 is 0. The van der Waals surface area contributed by atoms with E-state index in [0.29, 0.717) is 5.41 Å². The minimum absolute atomic E-state index is 0.415. The number of hydrogen-bond donors (Lipinski definition) is 0. The first kappa shape index (κ1) is 10.1. The Morgan fingerprint density at radius 2 is 1.89 bits per heavy atom. The molecule has 0 radical (unpaired) electrons. The Hall–Kier alpha value is -1.83. The highest BCUT2D eigenvalue weighted by molar-refractivity contribution is 5.49. The highest BCUT2D eigenvalue weighted by Crippen LogP contribution is 2.59. The number of benzene rings is 1. The molecule has 2 fully saturated rings. The summed E-state index contributed by atoms with van der Waals surface area (Å²) in [6, 6.07) is 17.1. The lowest BCUT2D eigenvalue weighted by Crippen LogP contribution is -2.26. The average molecular weight is 236 g/mol. The molecule has 0 N–H and O–H groups in total. The molecule has 0 amide bonds. The van der Waals surface area contributed by atoms with Gasteiger partial charge in [0, 0.05) is 24.7 Å². The van der Waals surface area contributed by atoms with Gasteiger partial charge in [0.1, 0.15) is 5.82 Å². The van der Waals surface area contributed by atoms with Crippen molar-refractivity contribution in [1.82, 2.24) is 4.98 Å². The largest absolute Gasteiger partial charge is 0.355 e. The molecule has 2 atom stereocenters. The molecule has 4 rings (SSSR count). The molecule has 1 aromatic carbocycles. The van der Waals surface area contributed by atoms with Crippen LogP contribution in [-0.2, 0) is 5.41 Å². The monoisotopic (exact) mass is 236 g/mol. The lowest BCUT2D eigenvalue weighted by atomic mass is 9.95. The summed E-state index contributed by atoms with van der Waals surface area (Å²) in [7, 11) is 0. The molecule has 2 aromatic rings. The molecule has 1 saturated heterocycles. The maximum atomic E-state index is 4.47. The van der Waals surface area contributed by atoms with Crippen molar-refractivity contribution in [1.29, 1.82) is 0 Å². The molecule has 2 heterocycles. The van der Waals surface area contributed by atoms with Gasteiger partial charge in [-0.05, 0) is 30.0 Å². The van der Waals surface area contributed by atoms with E-state index in [0.717, 1.165) is 24.8 Å². The first-order chi connectivity index (χ1) is 8.88. The topological polar surface area (TPSA) is 16.1 Å². The van der Waals surface area contributed by atoms with Crippen molar-refractivity contribution in [2.75, 3.05) is 18.0 Å². The van der Waals surface area contributed by atoms with E-state index >= 15 is 0 Å². The SMILES string of the molecule is c1ccc(C23CC2CN(c2ccccn2)C3)cc1. The molecule has 0 bridgehead atoms. The van der Waals surface area contributed by atoms with Crippen molar-refractivity contribution < 1.29 is 0 Å². The van der Waals surface area contributed by atoms with Gasteiger partial charge >= 0.3 is 0 Å². The molecule has 1 aromatic heterocycles. The maximum absolute atomic E-state index is 4.47. The van der Waals surface area contributed by atoms with Gasteiger partial charge in [-0.15, -0.1) is 0 Å². The van der Waals surface area contributed by atoms with E-state index in [2.05, 4.69) is 52.3 Å². The zero-order valence-electron chi connectivity index (χ0n) is 10.3. The maximum Gasteiger partial charge on any atom is 0.128 e. The van der Waals surface area contributed by atoms with Crippen LogP contribution in [-0.4, -0.2) is 18.1 Å². The van der Waals surface area contributed by atoms with Crippen LogP contribution >= 0.6 is 0 Å². The highest BCUT2D eigenvalue weighted by atomic mass is 15.2. The lowest BCUT2D eigenvalue weighted by molar-refractivity contribution is 0.713. The van der Waals surface area contributed by atoms with Crippen LogP contribution < -0.4 is 4.90 Å². The van der Waals surface area contributed by atoms with Crippen LogP contribution in [0.15, 0.2) is 54.7 Å². The van der Waals surface area contributed by atoms with Crippen LogP contribution in [0.3, 0.4) is 0 Å². The molecule has 90 valence electrons. The van der Waals surface area contributed by atoms with E-state index in [9.17, 15) is 0 Å². The summed E-state index contributed by atoms with van der Waals surface area (Å²) in [6.07, 6.45) is 3.23. The van der Waals surface area contributed by atoms with E-state index < -0.39 is 0 Å². The van der Waals surface area contributed by atoms with Crippen molar-refractivity contribution in [3.05, 3.63) is 60.3 Å². The number of hydrogen-bond acceptors (Lipinski definition) is 2. The zero-order chi connectivity index (χ0) is 12.0. The van der Waals surface area contributed by atoms with Gasteiger partial charge in [-0.2, -0.15) is 0 Å². The first-order valence-corrected chi connectivity index (χ1v) is 6.60. The van der Waals surface area contributed by atoms with Gasteiger partial charge in [-0.25, -0.2) is 4.98 Å².